The summed E-state index contributed by atoms with van der Waals surface area (Å²) in [6.45, 7) is 4.92. The summed E-state index contributed by atoms with van der Waals surface area (Å²) < 4.78 is 16.4. The summed E-state index contributed by atoms with van der Waals surface area (Å²) in [7, 11) is 1.30. The lowest BCUT2D eigenvalue weighted by molar-refractivity contribution is 0.00781. The predicted molar refractivity (Wildman–Crippen MR) is 147 cm³/mol. The molecular formula is C31H34N2O6. The van der Waals surface area contributed by atoms with Gasteiger partial charge >= 0.3 is 12.1 Å². The number of methoxy groups -OCH3 is 1. The molecule has 0 spiro atoms. The van der Waals surface area contributed by atoms with Crippen LogP contribution in [0.4, 0.5) is 4.79 Å². The van der Waals surface area contributed by atoms with Crippen molar-refractivity contribution in [3.63, 3.8) is 0 Å². The maximum absolute atomic E-state index is 12.7. The quantitative estimate of drug-likeness (QED) is 0.353. The minimum absolute atomic E-state index is 0.0375. The SMILES string of the molecule is COC(=O)c1cc(COCC(CO)(Cc2ccccc2)NC(=O)OC(C)(C)C)cc(-c2ccccc2C#N)c1. The Morgan fingerprint density at radius 3 is 2.31 bits per heavy atom. The lowest BCUT2D eigenvalue weighted by Crippen LogP contribution is -2.57. The smallest absolute Gasteiger partial charge is 0.408 e. The van der Waals surface area contributed by atoms with E-state index in [-0.39, 0.29) is 13.2 Å². The number of aliphatic hydroxyl groups is 1. The van der Waals surface area contributed by atoms with Crippen molar-refractivity contribution in [1.29, 1.82) is 5.26 Å². The van der Waals surface area contributed by atoms with E-state index in [2.05, 4.69) is 11.4 Å². The Bertz CT molecular complexity index is 1330. The molecule has 2 N–H and O–H groups in total. The summed E-state index contributed by atoms with van der Waals surface area (Å²) in [6, 6.07) is 23.9. The fourth-order valence-corrected chi connectivity index (χ4v) is 4.14. The Hall–Kier alpha value is -4.19. The highest BCUT2D eigenvalue weighted by molar-refractivity contribution is 5.91. The minimum atomic E-state index is -1.17. The van der Waals surface area contributed by atoms with Gasteiger partial charge in [-0.3, -0.25) is 0 Å². The lowest BCUT2D eigenvalue weighted by atomic mass is 9.92. The fraction of sp³-hybridized carbons (Fsp3) is 0.323. The molecule has 0 aliphatic heterocycles. The van der Waals surface area contributed by atoms with Crippen LogP contribution in [-0.2, 0) is 27.2 Å². The average molecular weight is 531 g/mol. The molecule has 0 aromatic heterocycles. The molecule has 0 aliphatic rings. The fourth-order valence-electron chi connectivity index (χ4n) is 4.14. The maximum Gasteiger partial charge on any atom is 0.408 e. The molecule has 8 nitrogen and oxygen atoms in total. The number of carbonyl (C=O) groups excluding carboxylic acids is 2. The molecule has 204 valence electrons. The number of ether oxygens (including phenoxy) is 3. The number of carbonyl (C=O) groups is 2. The predicted octanol–water partition coefficient (Wildman–Crippen LogP) is 5.03. The van der Waals surface area contributed by atoms with Gasteiger partial charge in [0.15, 0.2) is 0 Å². The highest BCUT2D eigenvalue weighted by Gasteiger charge is 2.34. The molecule has 0 radical (unpaired) electrons. The van der Waals surface area contributed by atoms with Crippen molar-refractivity contribution in [3.8, 4) is 17.2 Å². The average Bonchev–Trinajstić information content (AvgIpc) is 2.91. The number of esters is 1. The van der Waals surface area contributed by atoms with Gasteiger partial charge in [0.2, 0.25) is 0 Å². The first-order valence-corrected chi connectivity index (χ1v) is 12.5. The van der Waals surface area contributed by atoms with Gasteiger partial charge in [-0.2, -0.15) is 5.26 Å². The molecule has 0 bridgehead atoms. The number of nitrogens with zero attached hydrogens (tertiary/aromatic N) is 1. The van der Waals surface area contributed by atoms with E-state index < -0.39 is 29.8 Å². The van der Waals surface area contributed by atoms with Gasteiger partial charge < -0.3 is 24.6 Å². The number of rotatable bonds is 10. The summed E-state index contributed by atoms with van der Waals surface area (Å²) >= 11 is 0. The van der Waals surface area contributed by atoms with Gasteiger partial charge in [0.1, 0.15) is 5.60 Å². The molecule has 39 heavy (non-hydrogen) atoms. The van der Waals surface area contributed by atoms with Gasteiger partial charge in [0, 0.05) is 6.42 Å². The topological polar surface area (TPSA) is 118 Å². The number of benzene rings is 3. The molecule has 1 amide bonds. The third-order valence-corrected chi connectivity index (χ3v) is 5.87. The van der Waals surface area contributed by atoms with E-state index in [9.17, 15) is 20.0 Å². The molecule has 1 atom stereocenters. The number of nitrogens with one attached hydrogen (secondary N) is 1. The van der Waals surface area contributed by atoms with Gasteiger partial charge in [-0.25, -0.2) is 9.59 Å². The molecule has 1 unspecified atom stereocenters. The number of hydrogen-bond acceptors (Lipinski definition) is 7. The minimum Gasteiger partial charge on any atom is -0.465 e. The number of nitriles is 1. The Morgan fingerprint density at radius 1 is 0.974 bits per heavy atom. The van der Waals surface area contributed by atoms with Crippen LogP contribution in [0.15, 0.2) is 72.8 Å². The number of amides is 1. The van der Waals surface area contributed by atoms with Crippen LogP contribution in [0.25, 0.3) is 11.1 Å². The molecule has 0 fully saturated rings. The number of alkyl carbamates (subject to hydrolysis) is 1. The van der Waals surface area contributed by atoms with E-state index in [0.717, 1.165) is 5.56 Å². The highest BCUT2D eigenvalue weighted by Crippen LogP contribution is 2.27. The maximum atomic E-state index is 12.7. The number of aliphatic hydroxyl groups excluding tert-OH is 1. The van der Waals surface area contributed by atoms with E-state index in [1.165, 1.54) is 7.11 Å². The molecular weight excluding hydrogens is 496 g/mol. The van der Waals surface area contributed by atoms with Crippen LogP contribution in [0.2, 0.25) is 0 Å². The molecule has 3 aromatic rings. The van der Waals surface area contributed by atoms with Crippen LogP contribution in [0, 0.1) is 11.3 Å². The van der Waals surface area contributed by atoms with Crippen LogP contribution in [-0.4, -0.2) is 48.6 Å². The summed E-state index contributed by atoms with van der Waals surface area (Å²) in [5.74, 6) is -0.520. The summed E-state index contributed by atoms with van der Waals surface area (Å²) in [6.07, 6.45) is -0.369. The van der Waals surface area contributed by atoms with Crippen molar-refractivity contribution in [3.05, 3.63) is 95.1 Å². The highest BCUT2D eigenvalue weighted by atomic mass is 16.6. The first-order chi connectivity index (χ1) is 18.6. The molecule has 3 aromatic carbocycles. The van der Waals surface area contributed by atoms with E-state index in [0.29, 0.717) is 34.2 Å². The Labute approximate surface area is 229 Å². The van der Waals surface area contributed by atoms with Crippen molar-refractivity contribution in [2.24, 2.45) is 0 Å². The van der Waals surface area contributed by atoms with E-state index >= 15 is 0 Å². The molecule has 0 saturated carbocycles. The van der Waals surface area contributed by atoms with Gasteiger partial charge in [-0.05, 0) is 67.3 Å². The van der Waals surface area contributed by atoms with Gasteiger partial charge in [0.05, 0.1) is 49.7 Å². The monoisotopic (exact) mass is 530 g/mol. The van der Waals surface area contributed by atoms with Crippen molar-refractivity contribution in [2.75, 3.05) is 20.3 Å². The summed E-state index contributed by atoms with van der Waals surface area (Å²) in [4.78, 5) is 25.1. The van der Waals surface area contributed by atoms with Crippen LogP contribution in [0.1, 0.15) is 47.8 Å². The zero-order valence-electron chi connectivity index (χ0n) is 22.7. The number of hydrogen-bond donors (Lipinski definition) is 2. The van der Waals surface area contributed by atoms with Crippen molar-refractivity contribution in [2.45, 2.75) is 44.9 Å². The van der Waals surface area contributed by atoms with Crippen LogP contribution < -0.4 is 5.32 Å². The second kappa shape index (κ2) is 13.1. The molecule has 3 rings (SSSR count). The molecule has 0 saturated heterocycles. The summed E-state index contributed by atoms with van der Waals surface area (Å²) in [5.41, 5.74) is 1.79. The second-order valence-electron chi connectivity index (χ2n) is 10.3. The Balaban J connectivity index is 1.88. The second-order valence-corrected chi connectivity index (χ2v) is 10.3. The third-order valence-electron chi connectivity index (χ3n) is 5.87. The molecule has 0 aliphatic carbocycles. The zero-order chi connectivity index (χ0) is 28.5. The largest absolute Gasteiger partial charge is 0.465 e. The Kier molecular flexibility index (Phi) is 9.83. The van der Waals surface area contributed by atoms with Gasteiger partial charge in [-0.1, -0.05) is 48.5 Å². The van der Waals surface area contributed by atoms with Crippen molar-refractivity contribution in [1.82, 2.24) is 5.32 Å². The zero-order valence-corrected chi connectivity index (χ0v) is 22.7. The first kappa shape index (κ1) is 29.4. The van der Waals surface area contributed by atoms with Crippen molar-refractivity contribution >= 4 is 12.1 Å². The van der Waals surface area contributed by atoms with E-state index in [4.69, 9.17) is 14.2 Å². The van der Waals surface area contributed by atoms with Crippen molar-refractivity contribution < 1.29 is 28.9 Å². The molecule has 0 heterocycles. The third kappa shape index (κ3) is 8.40. The van der Waals surface area contributed by atoms with Crippen LogP contribution in [0.5, 0.6) is 0 Å². The van der Waals surface area contributed by atoms with Crippen LogP contribution in [0.3, 0.4) is 0 Å². The van der Waals surface area contributed by atoms with Crippen LogP contribution >= 0.6 is 0 Å². The first-order valence-electron chi connectivity index (χ1n) is 12.5. The molecule has 8 heteroatoms. The van der Waals surface area contributed by atoms with E-state index in [1.54, 1.807) is 51.1 Å². The lowest BCUT2D eigenvalue weighted by Gasteiger charge is -2.34. The Morgan fingerprint density at radius 2 is 1.67 bits per heavy atom. The standard InChI is InChI=1S/C31H34N2O6/c1-30(2,3)39-29(36)33-31(20-34,17-22-10-6-5-7-11-22)21-38-19-23-14-25(16-26(15-23)28(35)37-4)27-13-9-8-12-24(27)18-32/h5-16,34H,17,19-21H2,1-4H3,(H,33,36). The normalized spacial score (nSPS) is 12.6. The van der Waals surface area contributed by atoms with Gasteiger partial charge in [0.25, 0.3) is 0 Å². The van der Waals surface area contributed by atoms with Gasteiger partial charge in [-0.15, -0.1) is 0 Å². The van der Waals surface area contributed by atoms with E-state index in [1.807, 2.05) is 42.5 Å². The summed E-state index contributed by atoms with van der Waals surface area (Å²) in [5, 5.41) is 22.8.